The molecule has 110 valence electrons. The lowest BCUT2D eigenvalue weighted by Crippen LogP contribution is -2.18. The fourth-order valence-electron chi connectivity index (χ4n) is 2.08. The van der Waals surface area contributed by atoms with Gasteiger partial charge >= 0.3 is 0 Å². The topological polar surface area (TPSA) is 29.3 Å². The summed E-state index contributed by atoms with van der Waals surface area (Å²) in [7, 11) is 1.99. The van der Waals surface area contributed by atoms with Gasteiger partial charge in [0, 0.05) is 23.7 Å². The Hall–Kier alpha value is -1.49. The summed E-state index contributed by atoms with van der Waals surface area (Å²) in [6.07, 6.45) is 0. The fourth-order valence-corrected chi connectivity index (χ4v) is 2.44. The monoisotopic (exact) mass is 322 g/mol. The molecule has 0 bridgehead atoms. The largest absolute Gasteiger partial charge is 0.389 e. The maximum Gasteiger partial charge on any atom is 0.123 e. The number of thiocarbonyl (C=S) groups is 1. The van der Waals surface area contributed by atoms with Crippen LogP contribution in [0.2, 0.25) is 5.02 Å². The summed E-state index contributed by atoms with van der Waals surface area (Å²) in [5, 5.41) is 0.645. The second-order valence-electron chi connectivity index (χ2n) is 4.97. The summed E-state index contributed by atoms with van der Waals surface area (Å²) < 4.78 is 12.9. The molecule has 0 unspecified atom stereocenters. The van der Waals surface area contributed by atoms with Gasteiger partial charge in [-0.3, -0.25) is 4.90 Å². The molecule has 0 aliphatic rings. The van der Waals surface area contributed by atoms with E-state index in [1.165, 1.54) is 12.1 Å². The summed E-state index contributed by atoms with van der Waals surface area (Å²) in [5.74, 6) is -0.224. The molecule has 2 aromatic carbocycles. The first-order valence-corrected chi connectivity index (χ1v) is 7.25. The van der Waals surface area contributed by atoms with Crippen LogP contribution in [0, 0.1) is 5.82 Å². The van der Waals surface area contributed by atoms with Crippen molar-refractivity contribution in [1.82, 2.24) is 4.90 Å². The van der Waals surface area contributed by atoms with E-state index in [2.05, 4.69) is 4.90 Å². The van der Waals surface area contributed by atoms with Gasteiger partial charge < -0.3 is 5.73 Å². The molecule has 0 spiro atoms. The zero-order chi connectivity index (χ0) is 15.4. The molecule has 21 heavy (non-hydrogen) atoms. The molecule has 0 aliphatic heterocycles. The highest BCUT2D eigenvalue weighted by Gasteiger charge is 2.07. The predicted octanol–water partition coefficient (Wildman–Crippen LogP) is 3.75. The molecule has 2 aromatic rings. The third kappa shape index (κ3) is 4.49. The van der Waals surface area contributed by atoms with Gasteiger partial charge in [0.2, 0.25) is 0 Å². The third-order valence-electron chi connectivity index (χ3n) is 3.14. The molecule has 0 saturated carbocycles. The second-order valence-corrected chi connectivity index (χ2v) is 5.82. The Morgan fingerprint density at radius 3 is 2.43 bits per heavy atom. The molecule has 2 rings (SSSR count). The standard InChI is InChI=1S/C16H16ClFN2S/c1-20(9-11-2-6-14(18)7-3-11)10-13-5-4-12(16(19)21)8-15(13)17/h2-8H,9-10H2,1H3,(H2,19,21). The van der Waals surface area contributed by atoms with Gasteiger partial charge in [0.05, 0.1) is 0 Å². The van der Waals surface area contributed by atoms with Crippen molar-refractivity contribution >= 4 is 28.8 Å². The van der Waals surface area contributed by atoms with Crippen molar-refractivity contribution in [3.05, 3.63) is 70.0 Å². The molecule has 0 amide bonds. The van der Waals surface area contributed by atoms with Gasteiger partial charge in [0.25, 0.3) is 0 Å². The summed E-state index contributed by atoms with van der Waals surface area (Å²) in [5.41, 5.74) is 8.40. The summed E-state index contributed by atoms with van der Waals surface area (Å²) in [6.45, 7) is 1.40. The minimum absolute atomic E-state index is 0.224. The van der Waals surface area contributed by atoms with Crippen LogP contribution in [0.1, 0.15) is 16.7 Å². The zero-order valence-electron chi connectivity index (χ0n) is 11.6. The SMILES string of the molecule is CN(Cc1ccc(F)cc1)Cc1ccc(C(N)=S)cc1Cl. The van der Waals surface area contributed by atoms with E-state index >= 15 is 0 Å². The first kappa shape index (κ1) is 15.9. The first-order valence-electron chi connectivity index (χ1n) is 6.47. The molecule has 0 saturated heterocycles. The van der Waals surface area contributed by atoms with Crippen molar-refractivity contribution in [3.8, 4) is 0 Å². The minimum atomic E-state index is -0.224. The van der Waals surface area contributed by atoms with E-state index in [9.17, 15) is 4.39 Å². The Morgan fingerprint density at radius 1 is 1.19 bits per heavy atom. The van der Waals surface area contributed by atoms with E-state index < -0.39 is 0 Å². The molecule has 0 fully saturated rings. The van der Waals surface area contributed by atoms with Gasteiger partial charge in [-0.1, -0.05) is 48.1 Å². The van der Waals surface area contributed by atoms with Crippen molar-refractivity contribution < 1.29 is 4.39 Å². The zero-order valence-corrected chi connectivity index (χ0v) is 13.2. The van der Waals surface area contributed by atoms with E-state index in [4.69, 9.17) is 29.6 Å². The first-order chi connectivity index (χ1) is 9.95. The number of rotatable bonds is 5. The number of benzene rings is 2. The molecule has 0 aromatic heterocycles. The van der Waals surface area contributed by atoms with Crippen LogP contribution in [-0.4, -0.2) is 16.9 Å². The number of halogens is 2. The Morgan fingerprint density at radius 2 is 1.86 bits per heavy atom. The van der Waals surface area contributed by atoms with Crippen LogP contribution in [0.4, 0.5) is 4.39 Å². The fraction of sp³-hybridized carbons (Fsp3) is 0.188. The van der Waals surface area contributed by atoms with Crippen LogP contribution in [0.5, 0.6) is 0 Å². The van der Waals surface area contributed by atoms with E-state index in [1.807, 2.05) is 19.2 Å². The maximum absolute atomic E-state index is 12.9. The number of hydrogen-bond acceptors (Lipinski definition) is 2. The van der Waals surface area contributed by atoms with Crippen molar-refractivity contribution in [2.45, 2.75) is 13.1 Å². The summed E-state index contributed by atoms with van der Waals surface area (Å²) >= 11 is 11.2. The highest BCUT2D eigenvalue weighted by molar-refractivity contribution is 7.80. The number of nitrogens with two attached hydrogens (primary N) is 1. The molecule has 0 aliphatic carbocycles. The lowest BCUT2D eigenvalue weighted by atomic mass is 10.1. The van der Waals surface area contributed by atoms with Crippen LogP contribution >= 0.6 is 23.8 Å². The minimum Gasteiger partial charge on any atom is -0.389 e. The van der Waals surface area contributed by atoms with E-state index in [1.54, 1.807) is 18.2 Å². The highest BCUT2D eigenvalue weighted by atomic mass is 35.5. The normalized spacial score (nSPS) is 10.9. The lowest BCUT2D eigenvalue weighted by Gasteiger charge is -2.18. The molecular formula is C16H16ClFN2S. The Labute approximate surface area is 134 Å². The van der Waals surface area contributed by atoms with E-state index in [0.717, 1.165) is 16.7 Å². The summed E-state index contributed by atoms with van der Waals surface area (Å²) in [4.78, 5) is 2.44. The molecule has 0 radical (unpaired) electrons. The molecule has 5 heteroatoms. The smallest absolute Gasteiger partial charge is 0.123 e. The van der Waals surface area contributed by atoms with Gasteiger partial charge in [-0.25, -0.2) is 4.39 Å². The van der Waals surface area contributed by atoms with Crippen molar-refractivity contribution in [2.75, 3.05) is 7.05 Å². The van der Waals surface area contributed by atoms with Crippen LogP contribution in [-0.2, 0) is 13.1 Å². The molecule has 0 heterocycles. The molecule has 2 nitrogen and oxygen atoms in total. The van der Waals surface area contributed by atoms with E-state index in [-0.39, 0.29) is 5.82 Å². The summed E-state index contributed by atoms with van der Waals surface area (Å²) in [6, 6.07) is 12.1. The Balaban J connectivity index is 2.04. The van der Waals surface area contributed by atoms with Crippen LogP contribution in [0.25, 0.3) is 0 Å². The predicted molar refractivity (Wildman–Crippen MR) is 88.9 cm³/mol. The molecule has 0 atom stereocenters. The highest BCUT2D eigenvalue weighted by Crippen LogP contribution is 2.20. The molecule has 2 N–H and O–H groups in total. The van der Waals surface area contributed by atoms with Gasteiger partial charge in [-0.2, -0.15) is 0 Å². The van der Waals surface area contributed by atoms with Gasteiger partial charge in [-0.15, -0.1) is 0 Å². The quantitative estimate of drug-likeness (QED) is 0.850. The van der Waals surface area contributed by atoms with Crippen molar-refractivity contribution in [2.24, 2.45) is 5.73 Å². The average Bonchev–Trinajstić information content (AvgIpc) is 2.43. The Bertz CT molecular complexity index is 643. The molecular weight excluding hydrogens is 307 g/mol. The Kier molecular flexibility index (Phi) is 5.28. The maximum atomic E-state index is 12.9. The van der Waals surface area contributed by atoms with Crippen molar-refractivity contribution in [3.63, 3.8) is 0 Å². The van der Waals surface area contributed by atoms with Crippen LogP contribution < -0.4 is 5.73 Å². The van der Waals surface area contributed by atoms with Gasteiger partial charge in [0.15, 0.2) is 0 Å². The van der Waals surface area contributed by atoms with Crippen LogP contribution in [0.15, 0.2) is 42.5 Å². The van der Waals surface area contributed by atoms with Crippen LogP contribution in [0.3, 0.4) is 0 Å². The lowest BCUT2D eigenvalue weighted by molar-refractivity contribution is 0.319. The third-order valence-corrected chi connectivity index (χ3v) is 3.73. The van der Waals surface area contributed by atoms with Crippen molar-refractivity contribution in [1.29, 1.82) is 0 Å². The van der Waals surface area contributed by atoms with Gasteiger partial charge in [-0.05, 0) is 36.4 Å². The van der Waals surface area contributed by atoms with Gasteiger partial charge in [0.1, 0.15) is 10.8 Å². The van der Waals surface area contributed by atoms with E-state index in [0.29, 0.717) is 23.1 Å². The number of hydrogen-bond donors (Lipinski definition) is 1. The second kappa shape index (κ2) is 6.98. The average molecular weight is 323 g/mol. The number of nitrogens with zero attached hydrogens (tertiary/aromatic N) is 1.